The third kappa shape index (κ3) is 5.04. The Hall–Kier alpha value is -3.11. The van der Waals surface area contributed by atoms with Gasteiger partial charge < -0.3 is 10.1 Å². The van der Waals surface area contributed by atoms with Crippen molar-refractivity contribution < 1.29 is 9.53 Å². The molecule has 1 saturated heterocycles. The first-order chi connectivity index (χ1) is 18.0. The van der Waals surface area contributed by atoms with Gasteiger partial charge in [-0.15, -0.1) is 0 Å². The lowest BCUT2D eigenvalue weighted by Crippen LogP contribution is -2.58. The van der Waals surface area contributed by atoms with Gasteiger partial charge in [0.15, 0.2) is 0 Å². The third-order valence-electron chi connectivity index (χ3n) is 9.18. The van der Waals surface area contributed by atoms with Crippen LogP contribution in [-0.4, -0.2) is 36.5 Å². The zero-order valence-electron chi connectivity index (χ0n) is 22.1. The normalized spacial score (nSPS) is 24.8. The summed E-state index contributed by atoms with van der Waals surface area (Å²) < 4.78 is 5.88. The number of likely N-dealkylation sites (tertiary alicyclic amines) is 1. The Morgan fingerprint density at radius 1 is 1.03 bits per heavy atom. The SMILES string of the molecule is C[C@H]1C2Cc3ccc(C(=O)NCCc4ccc(Oc5ccccc5)cc4)cc3[C@@]1(C)CCN2CC1CC1. The van der Waals surface area contributed by atoms with Crippen LogP contribution in [-0.2, 0) is 18.3 Å². The maximum Gasteiger partial charge on any atom is 0.251 e. The van der Waals surface area contributed by atoms with E-state index in [2.05, 4.69) is 48.3 Å². The predicted molar refractivity (Wildman–Crippen MR) is 148 cm³/mol. The Balaban J connectivity index is 1.07. The van der Waals surface area contributed by atoms with Crippen LogP contribution in [0.5, 0.6) is 11.5 Å². The molecule has 1 heterocycles. The van der Waals surface area contributed by atoms with Crippen molar-refractivity contribution in [1.82, 2.24) is 10.2 Å². The molecule has 1 saturated carbocycles. The van der Waals surface area contributed by atoms with Crippen molar-refractivity contribution in [3.63, 3.8) is 0 Å². The molecule has 2 fully saturated rings. The number of nitrogens with zero attached hydrogens (tertiary/aromatic N) is 1. The number of benzene rings is 3. The summed E-state index contributed by atoms with van der Waals surface area (Å²) >= 11 is 0. The number of carbonyl (C=O) groups excluding carboxylic acids is 1. The van der Waals surface area contributed by atoms with E-state index in [0.29, 0.717) is 18.5 Å². The summed E-state index contributed by atoms with van der Waals surface area (Å²) in [5.74, 6) is 3.21. The number of ether oxygens (including phenoxy) is 1. The smallest absolute Gasteiger partial charge is 0.251 e. The van der Waals surface area contributed by atoms with Gasteiger partial charge in [0, 0.05) is 24.7 Å². The lowest BCUT2D eigenvalue weighted by Gasteiger charge is -2.55. The van der Waals surface area contributed by atoms with E-state index in [9.17, 15) is 4.79 Å². The van der Waals surface area contributed by atoms with Gasteiger partial charge in [-0.2, -0.15) is 0 Å². The van der Waals surface area contributed by atoms with Crippen molar-refractivity contribution in [3.8, 4) is 11.5 Å². The fourth-order valence-electron chi connectivity index (χ4n) is 6.48. The van der Waals surface area contributed by atoms with E-state index in [1.165, 1.54) is 49.0 Å². The monoisotopic (exact) mass is 494 g/mol. The van der Waals surface area contributed by atoms with Crippen LogP contribution < -0.4 is 10.1 Å². The minimum atomic E-state index is 0.0244. The molecule has 0 radical (unpaired) electrons. The van der Waals surface area contributed by atoms with Gasteiger partial charge in [-0.1, -0.05) is 50.2 Å². The number of hydrogen-bond acceptors (Lipinski definition) is 3. The second-order valence-electron chi connectivity index (χ2n) is 11.6. The second-order valence-corrected chi connectivity index (χ2v) is 11.6. The van der Waals surface area contributed by atoms with E-state index in [4.69, 9.17) is 4.74 Å². The number of nitrogens with one attached hydrogen (secondary N) is 1. The molecule has 4 nitrogen and oxygen atoms in total. The molecular weight excluding hydrogens is 456 g/mol. The lowest BCUT2D eigenvalue weighted by atomic mass is 9.59. The molecule has 3 aromatic rings. The number of piperidine rings is 1. The van der Waals surface area contributed by atoms with Crippen molar-refractivity contribution in [2.24, 2.45) is 11.8 Å². The van der Waals surface area contributed by atoms with Crippen LogP contribution in [0.4, 0.5) is 0 Å². The van der Waals surface area contributed by atoms with Crippen molar-refractivity contribution in [1.29, 1.82) is 0 Å². The molecule has 1 aliphatic heterocycles. The summed E-state index contributed by atoms with van der Waals surface area (Å²) in [5, 5.41) is 3.15. The van der Waals surface area contributed by atoms with Crippen molar-refractivity contribution >= 4 is 5.91 Å². The van der Waals surface area contributed by atoms with E-state index in [0.717, 1.165) is 35.8 Å². The molecule has 4 heteroatoms. The van der Waals surface area contributed by atoms with Crippen LogP contribution >= 0.6 is 0 Å². The quantitative estimate of drug-likeness (QED) is 0.395. The Labute approximate surface area is 221 Å². The number of amides is 1. The summed E-state index contributed by atoms with van der Waals surface area (Å²) in [7, 11) is 0. The molecule has 2 aliphatic carbocycles. The van der Waals surface area contributed by atoms with Crippen LogP contribution in [0.3, 0.4) is 0 Å². The Morgan fingerprint density at radius 3 is 2.54 bits per heavy atom. The molecule has 1 N–H and O–H groups in total. The predicted octanol–water partition coefficient (Wildman–Crippen LogP) is 6.39. The van der Waals surface area contributed by atoms with Gasteiger partial charge >= 0.3 is 0 Å². The molecule has 192 valence electrons. The van der Waals surface area contributed by atoms with Gasteiger partial charge in [0.25, 0.3) is 5.91 Å². The first-order valence-corrected chi connectivity index (χ1v) is 14.0. The zero-order valence-corrected chi connectivity index (χ0v) is 22.1. The molecule has 3 aliphatic rings. The Bertz CT molecular complexity index is 1250. The molecule has 1 unspecified atom stereocenters. The fraction of sp³-hybridized carbons (Fsp3) is 0.424. The lowest BCUT2D eigenvalue weighted by molar-refractivity contribution is 0.0284. The zero-order chi connectivity index (χ0) is 25.4. The van der Waals surface area contributed by atoms with Gasteiger partial charge in [0.05, 0.1) is 0 Å². The molecule has 3 aromatic carbocycles. The Kier molecular flexibility index (Phi) is 6.54. The topological polar surface area (TPSA) is 41.6 Å². The van der Waals surface area contributed by atoms with E-state index >= 15 is 0 Å². The number of hydrogen-bond donors (Lipinski definition) is 1. The molecule has 2 bridgehead atoms. The molecule has 3 atom stereocenters. The van der Waals surface area contributed by atoms with Gasteiger partial charge in [0.2, 0.25) is 0 Å². The number of para-hydroxylation sites is 1. The molecule has 0 aromatic heterocycles. The summed E-state index contributed by atoms with van der Waals surface area (Å²) in [6, 6.07) is 25.0. The number of rotatable bonds is 8. The number of carbonyl (C=O) groups is 1. The molecule has 0 spiro atoms. The highest BCUT2D eigenvalue weighted by Gasteiger charge is 2.49. The van der Waals surface area contributed by atoms with Crippen LogP contribution in [0.1, 0.15) is 60.2 Å². The highest BCUT2D eigenvalue weighted by Crippen LogP contribution is 2.49. The highest BCUT2D eigenvalue weighted by molar-refractivity contribution is 5.94. The van der Waals surface area contributed by atoms with Crippen molar-refractivity contribution in [2.45, 2.75) is 57.4 Å². The first-order valence-electron chi connectivity index (χ1n) is 14.0. The first kappa shape index (κ1) is 24.2. The fourth-order valence-corrected chi connectivity index (χ4v) is 6.48. The standard InChI is InChI=1S/C33H38N2O2/c1-23-31-21-26-12-13-27(20-30(26)33(23,2)17-19-35(31)22-25-8-9-25)32(36)34-18-16-24-10-14-29(15-11-24)37-28-6-4-3-5-7-28/h3-7,10-15,20,23,25,31H,8-9,16-19,21-22H2,1-2H3,(H,34,36)/t23-,31?,33-/m0/s1. The summed E-state index contributed by atoms with van der Waals surface area (Å²) in [6.45, 7) is 7.96. The summed E-state index contributed by atoms with van der Waals surface area (Å²) in [5.41, 5.74) is 4.97. The van der Waals surface area contributed by atoms with E-state index in [1.54, 1.807) is 0 Å². The number of fused-ring (bicyclic) bond motifs is 4. The largest absolute Gasteiger partial charge is 0.457 e. The average molecular weight is 495 g/mol. The highest BCUT2D eigenvalue weighted by atomic mass is 16.5. The van der Waals surface area contributed by atoms with Gasteiger partial charge in [-0.05, 0) is 109 Å². The minimum Gasteiger partial charge on any atom is -0.457 e. The summed E-state index contributed by atoms with van der Waals surface area (Å²) in [6.07, 6.45) is 5.91. The Morgan fingerprint density at radius 2 is 1.78 bits per heavy atom. The summed E-state index contributed by atoms with van der Waals surface area (Å²) in [4.78, 5) is 15.8. The minimum absolute atomic E-state index is 0.0244. The van der Waals surface area contributed by atoms with Gasteiger partial charge in [-0.25, -0.2) is 0 Å². The van der Waals surface area contributed by atoms with Gasteiger partial charge in [0.1, 0.15) is 11.5 Å². The average Bonchev–Trinajstić information content (AvgIpc) is 3.73. The maximum absolute atomic E-state index is 13.1. The second kappa shape index (κ2) is 9.98. The molecule has 37 heavy (non-hydrogen) atoms. The molecule has 6 rings (SSSR count). The van der Waals surface area contributed by atoms with E-state index in [-0.39, 0.29) is 11.3 Å². The van der Waals surface area contributed by atoms with Crippen LogP contribution in [0.2, 0.25) is 0 Å². The molecular formula is C33H38N2O2. The van der Waals surface area contributed by atoms with Crippen LogP contribution in [0.15, 0.2) is 72.8 Å². The van der Waals surface area contributed by atoms with E-state index < -0.39 is 0 Å². The van der Waals surface area contributed by atoms with Crippen LogP contribution in [0.25, 0.3) is 0 Å². The van der Waals surface area contributed by atoms with Crippen LogP contribution in [0, 0.1) is 11.8 Å². The van der Waals surface area contributed by atoms with E-state index in [1.807, 2.05) is 48.5 Å². The molecule has 1 amide bonds. The van der Waals surface area contributed by atoms with Crippen molar-refractivity contribution in [2.75, 3.05) is 19.6 Å². The van der Waals surface area contributed by atoms with Crippen molar-refractivity contribution in [3.05, 3.63) is 95.1 Å². The van der Waals surface area contributed by atoms with Gasteiger partial charge in [-0.3, -0.25) is 9.69 Å². The third-order valence-corrected chi connectivity index (χ3v) is 9.18. The maximum atomic E-state index is 13.1.